The quantitative estimate of drug-likeness (QED) is 0.633. The number of nitrogens with one attached hydrogen (secondary N) is 1. The molecule has 0 radical (unpaired) electrons. The second-order valence-corrected chi connectivity index (χ2v) is 10.1. The van der Waals surface area contributed by atoms with Gasteiger partial charge in [0.2, 0.25) is 10.0 Å². The van der Waals surface area contributed by atoms with Gasteiger partial charge in [-0.25, -0.2) is 13.1 Å². The molecule has 0 aromatic heterocycles. The molecule has 0 bridgehead atoms. The molecule has 0 aliphatic carbocycles. The Labute approximate surface area is 195 Å². The van der Waals surface area contributed by atoms with E-state index in [0.717, 1.165) is 30.8 Å². The van der Waals surface area contributed by atoms with Crippen molar-refractivity contribution >= 4 is 15.9 Å². The third kappa shape index (κ3) is 5.73. The Morgan fingerprint density at radius 3 is 2.42 bits per heavy atom. The van der Waals surface area contributed by atoms with Gasteiger partial charge in [-0.3, -0.25) is 9.69 Å². The molecule has 4 rings (SSSR count). The number of carbonyl (C=O) groups excluding carboxylic acids is 1. The van der Waals surface area contributed by atoms with Crippen LogP contribution in [0.2, 0.25) is 0 Å². The lowest BCUT2D eigenvalue weighted by atomic mass is 10.1. The highest BCUT2D eigenvalue weighted by molar-refractivity contribution is 7.89. The van der Waals surface area contributed by atoms with Gasteiger partial charge in [0, 0.05) is 26.2 Å². The number of morpholine rings is 1. The van der Waals surface area contributed by atoms with E-state index < -0.39 is 10.0 Å². The fraction of sp³-hybridized carbons (Fsp3) is 0.458. The number of methoxy groups -OCH3 is 1. The third-order valence-electron chi connectivity index (χ3n) is 6.17. The van der Waals surface area contributed by atoms with Gasteiger partial charge in [0.15, 0.2) is 0 Å². The molecule has 2 aliphatic heterocycles. The van der Waals surface area contributed by atoms with Crippen LogP contribution in [0, 0.1) is 0 Å². The number of hydrogen-bond donors (Lipinski definition) is 1. The van der Waals surface area contributed by atoms with E-state index in [2.05, 4.69) is 15.7 Å². The number of likely N-dealkylation sites (tertiary alicyclic amines) is 1. The molecule has 2 aromatic rings. The Bertz CT molecular complexity index is 1080. The van der Waals surface area contributed by atoms with Crippen molar-refractivity contribution in [2.45, 2.75) is 30.8 Å². The molecule has 2 saturated heterocycles. The van der Waals surface area contributed by atoms with Crippen LogP contribution in [0.1, 0.15) is 34.3 Å². The van der Waals surface area contributed by atoms with Crippen molar-refractivity contribution in [3.63, 3.8) is 0 Å². The molecule has 0 spiro atoms. The van der Waals surface area contributed by atoms with Gasteiger partial charge >= 0.3 is 0 Å². The zero-order chi connectivity index (χ0) is 23.3. The van der Waals surface area contributed by atoms with E-state index in [9.17, 15) is 13.2 Å². The van der Waals surface area contributed by atoms with Gasteiger partial charge in [-0.2, -0.15) is 0 Å². The van der Waals surface area contributed by atoms with Crippen molar-refractivity contribution in [3.05, 3.63) is 59.2 Å². The predicted octanol–water partition coefficient (Wildman–Crippen LogP) is 2.24. The second-order valence-electron chi connectivity index (χ2n) is 8.34. The van der Waals surface area contributed by atoms with Gasteiger partial charge in [0.05, 0.1) is 30.8 Å². The molecule has 2 fully saturated rings. The van der Waals surface area contributed by atoms with Crippen molar-refractivity contribution < 1.29 is 22.7 Å². The predicted molar refractivity (Wildman–Crippen MR) is 125 cm³/mol. The summed E-state index contributed by atoms with van der Waals surface area (Å²) < 4.78 is 39.6. The summed E-state index contributed by atoms with van der Waals surface area (Å²) in [5.41, 5.74) is 2.31. The third-order valence-corrected chi connectivity index (χ3v) is 7.57. The summed E-state index contributed by atoms with van der Waals surface area (Å²) in [4.78, 5) is 17.1. The van der Waals surface area contributed by atoms with Crippen LogP contribution < -0.4 is 9.46 Å². The van der Waals surface area contributed by atoms with Crippen LogP contribution in [0.25, 0.3) is 0 Å². The first-order valence-corrected chi connectivity index (χ1v) is 12.8. The van der Waals surface area contributed by atoms with Gasteiger partial charge in [-0.15, -0.1) is 0 Å². The monoisotopic (exact) mass is 473 g/mol. The van der Waals surface area contributed by atoms with Gasteiger partial charge in [0.1, 0.15) is 5.75 Å². The number of amides is 1. The minimum Gasteiger partial charge on any atom is -0.496 e. The number of nitrogens with zero attached hydrogens (tertiary/aromatic N) is 2. The Morgan fingerprint density at radius 1 is 1.03 bits per heavy atom. The SMILES string of the molecule is COc1ccc(S(=O)(=O)NCc2ccccc2CN2CCCC2)cc1C(=O)N1CCOCC1. The number of sulfonamides is 1. The van der Waals surface area contributed by atoms with Gasteiger partial charge in [0.25, 0.3) is 5.91 Å². The normalized spacial score (nSPS) is 17.3. The van der Waals surface area contributed by atoms with Crippen molar-refractivity contribution in [1.82, 2.24) is 14.5 Å². The van der Waals surface area contributed by atoms with Crippen LogP contribution in [0.5, 0.6) is 5.75 Å². The molecule has 0 saturated carbocycles. The molecule has 1 amide bonds. The topological polar surface area (TPSA) is 88.2 Å². The van der Waals surface area contributed by atoms with Gasteiger partial charge in [-0.05, 0) is 55.3 Å². The maximum atomic E-state index is 13.1. The van der Waals surface area contributed by atoms with Crippen molar-refractivity contribution in [3.8, 4) is 5.75 Å². The number of ether oxygens (including phenoxy) is 2. The molecule has 0 atom stereocenters. The minimum absolute atomic E-state index is 0.0388. The summed E-state index contributed by atoms with van der Waals surface area (Å²) in [6, 6.07) is 12.3. The van der Waals surface area contributed by atoms with Crippen molar-refractivity contribution in [2.75, 3.05) is 46.5 Å². The van der Waals surface area contributed by atoms with Crippen molar-refractivity contribution in [2.24, 2.45) is 0 Å². The van der Waals surface area contributed by atoms with E-state index in [4.69, 9.17) is 9.47 Å². The highest BCUT2D eigenvalue weighted by Gasteiger charge is 2.25. The smallest absolute Gasteiger partial charge is 0.257 e. The van der Waals surface area contributed by atoms with E-state index in [-0.39, 0.29) is 22.9 Å². The van der Waals surface area contributed by atoms with E-state index >= 15 is 0 Å². The van der Waals surface area contributed by atoms with E-state index in [1.807, 2.05) is 18.2 Å². The van der Waals surface area contributed by atoms with Crippen molar-refractivity contribution in [1.29, 1.82) is 0 Å². The first-order valence-electron chi connectivity index (χ1n) is 11.3. The second kappa shape index (κ2) is 10.6. The molecule has 178 valence electrons. The maximum Gasteiger partial charge on any atom is 0.257 e. The van der Waals surface area contributed by atoms with Crippen LogP contribution in [0.4, 0.5) is 0 Å². The summed E-state index contributed by atoms with van der Waals surface area (Å²) in [5, 5.41) is 0. The van der Waals surface area contributed by atoms with Gasteiger partial charge in [-0.1, -0.05) is 24.3 Å². The molecule has 8 nitrogen and oxygen atoms in total. The first-order chi connectivity index (χ1) is 16.0. The molecule has 2 aromatic carbocycles. The molecule has 0 unspecified atom stereocenters. The molecular formula is C24H31N3O5S. The lowest BCUT2D eigenvalue weighted by molar-refractivity contribution is 0.0300. The number of hydrogen-bond acceptors (Lipinski definition) is 6. The van der Waals surface area contributed by atoms with Crippen LogP contribution in [0.3, 0.4) is 0 Å². The fourth-order valence-corrected chi connectivity index (χ4v) is 5.31. The molecule has 33 heavy (non-hydrogen) atoms. The van der Waals surface area contributed by atoms with E-state index in [0.29, 0.717) is 32.1 Å². The number of benzene rings is 2. The summed E-state index contributed by atoms with van der Waals surface area (Å²) in [7, 11) is -2.36. The lowest BCUT2D eigenvalue weighted by Crippen LogP contribution is -2.40. The average Bonchev–Trinajstić information content (AvgIpc) is 3.36. The van der Waals surface area contributed by atoms with Crippen LogP contribution >= 0.6 is 0 Å². The Hall–Kier alpha value is -2.46. The molecular weight excluding hydrogens is 442 g/mol. The van der Waals surface area contributed by atoms with E-state index in [1.165, 1.54) is 38.2 Å². The highest BCUT2D eigenvalue weighted by Crippen LogP contribution is 2.25. The Kier molecular flexibility index (Phi) is 7.64. The zero-order valence-electron chi connectivity index (χ0n) is 19.0. The molecule has 2 aliphatic rings. The Morgan fingerprint density at radius 2 is 1.73 bits per heavy atom. The maximum absolute atomic E-state index is 13.1. The Balaban J connectivity index is 1.51. The number of rotatable bonds is 8. The number of carbonyl (C=O) groups is 1. The van der Waals surface area contributed by atoms with Crippen LogP contribution in [-0.4, -0.2) is 70.6 Å². The van der Waals surface area contributed by atoms with E-state index in [1.54, 1.807) is 4.90 Å². The summed E-state index contributed by atoms with van der Waals surface area (Å²) in [5.74, 6) is 0.0876. The largest absolute Gasteiger partial charge is 0.496 e. The zero-order valence-corrected chi connectivity index (χ0v) is 19.8. The average molecular weight is 474 g/mol. The summed E-state index contributed by atoms with van der Waals surface area (Å²) in [6.45, 7) is 5.01. The molecule has 9 heteroatoms. The summed E-state index contributed by atoms with van der Waals surface area (Å²) >= 11 is 0. The molecule has 1 N–H and O–H groups in total. The van der Waals surface area contributed by atoms with Gasteiger partial charge < -0.3 is 14.4 Å². The van der Waals surface area contributed by atoms with Crippen LogP contribution in [-0.2, 0) is 27.8 Å². The minimum atomic E-state index is -3.83. The lowest BCUT2D eigenvalue weighted by Gasteiger charge is -2.27. The fourth-order valence-electron chi connectivity index (χ4n) is 4.28. The highest BCUT2D eigenvalue weighted by atomic mass is 32.2. The molecule has 2 heterocycles. The first kappa shape index (κ1) is 23.7. The standard InChI is InChI=1S/C24H31N3O5S/c1-31-23-9-8-21(16-22(23)24(28)27-12-14-32-15-13-27)33(29,30)25-17-19-6-2-3-7-20(19)18-26-10-4-5-11-26/h2-3,6-9,16,25H,4-5,10-15,17-18H2,1H3. The van der Waals surface area contributed by atoms with Crippen LogP contribution in [0.15, 0.2) is 47.4 Å². The summed E-state index contributed by atoms with van der Waals surface area (Å²) in [6.07, 6.45) is 2.41.